The molecule has 2 heterocycles. The molecule has 334 valence electrons. The first kappa shape index (κ1) is 28.0. The summed E-state index contributed by atoms with van der Waals surface area (Å²) in [5.74, 6) is 0.0372. The Morgan fingerprint density at radius 3 is 1.92 bits per heavy atom. The molecule has 9 rings (SSSR count). The predicted octanol–water partition coefficient (Wildman–Crippen LogP) is 16.1. The summed E-state index contributed by atoms with van der Waals surface area (Å²) < 4.78 is 167. The summed E-state index contributed by atoms with van der Waals surface area (Å²) in [5, 5.41) is 11.5. The van der Waals surface area contributed by atoms with Gasteiger partial charge in [0.05, 0.1) is 31.9 Å². The normalized spacial score (nSPS) is 17.0. The first-order chi connectivity index (χ1) is 38.8. The van der Waals surface area contributed by atoms with Crippen molar-refractivity contribution in [2.24, 2.45) is 0 Å². The van der Waals surface area contributed by atoms with Gasteiger partial charge >= 0.3 is 0 Å². The molecule has 0 unspecified atom stereocenters. The van der Waals surface area contributed by atoms with E-state index in [1.54, 1.807) is 83.4 Å². The third-order valence-electron chi connectivity index (χ3n) is 11.4. The van der Waals surface area contributed by atoms with Crippen LogP contribution >= 0.6 is 0 Å². The summed E-state index contributed by atoms with van der Waals surface area (Å²) in [6.07, 6.45) is -0.806. The van der Waals surface area contributed by atoms with Crippen molar-refractivity contribution in [3.63, 3.8) is 0 Å². The second-order valence-corrected chi connectivity index (χ2v) is 18.3. The SMILES string of the molecule is [2H]c1nc(-c2[c-]c(-c3cccc4c3nc(-c3ccccc3O)n4-c3ccc(-c4cc(C(C)(C)C)cc(C(C)(C)C)c4)cc3C([2H])([2H])[2H])cc(-c3ccccc3)c2)c([2H])c(-c2c([2H])c([2H])c(C(C([2H])([2H])[2H])(C([2H])([2H])[2H])C([2H])([2H])[2H])c([2H])c2[2H])c1[2H].[Pt]. The van der Waals surface area contributed by atoms with Gasteiger partial charge in [0, 0.05) is 49.4 Å². The summed E-state index contributed by atoms with van der Waals surface area (Å²) in [7, 11) is 0. The molecule has 0 aliphatic heterocycles. The number of para-hydroxylation sites is 2. The third kappa shape index (κ3) is 9.22. The fraction of sp³-hybridized carbons (Fsp3) is 0.213. The standard InChI is InChI=1S/C61H58N3O.Pt/c1-39-31-42(45-35-49(60(5,6)7)38-50(36-45)61(8,9)10)25-28-54(39)64-55-21-16-20-51(57(55)63-58(64)52-19-14-15-22-56(52)65)46-32-44(40-17-12-11-13-18-40)33-47(34-46)53-37-43(29-30-62-53)41-23-26-48(27-24-41)59(2,3)4;/h11-33,35-38,65H,1-10H3;/q-1;/i1D3,2D3,3D3,4D3,23D,24D,26D,27D,29D,30D,37D;. The molecule has 0 aliphatic rings. The van der Waals surface area contributed by atoms with Crippen LogP contribution in [0.3, 0.4) is 0 Å². The number of phenolic OH excluding ortho intramolecular Hbond substituents is 1. The van der Waals surface area contributed by atoms with Crippen molar-refractivity contribution in [2.45, 2.75) is 85.2 Å². The summed E-state index contributed by atoms with van der Waals surface area (Å²) >= 11 is 0. The number of fused-ring (bicyclic) bond motifs is 1. The van der Waals surface area contributed by atoms with E-state index in [0.29, 0.717) is 38.9 Å². The van der Waals surface area contributed by atoms with Crippen LogP contribution in [0, 0.1) is 12.9 Å². The number of rotatable bonds is 7. The fourth-order valence-corrected chi connectivity index (χ4v) is 7.81. The summed E-state index contributed by atoms with van der Waals surface area (Å²) in [4.78, 5) is 9.53. The number of aromatic hydroxyl groups is 1. The summed E-state index contributed by atoms with van der Waals surface area (Å²) in [6, 6.07) is 32.5. The minimum absolute atomic E-state index is 0. The van der Waals surface area contributed by atoms with Crippen LogP contribution in [0.15, 0.2) is 164 Å². The molecule has 4 nitrogen and oxygen atoms in total. The molecule has 9 aromatic rings. The van der Waals surface area contributed by atoms with Crippen molar-refractivity contribution in [2.75, 3.05) is 0 Å². The second-order valence-electron chi connectivity index (χ2n) is 18.3. The Balaban J connectivity index is 0.00000940. The average Bonchev–Trinajstić information content (AvgIpc) is 1.08. The monoisotopic (exact) mass is 1060 g/mol. The zero-order chi connectivity index (χ0) is 61.9. The van der Waals surface area contributed by atoms with Crippen LogP contribution in [0.5, 0.6) is 5.75 Å². The van der Waals surface area contributed by atoms with E-state index in [1.807, 2.05) is 18.2 Å². The maximum Gasteiger partial charge on any atom is 0.148 e. The molecular formula is C61H58N3OPt-. The maximum absolute atomic E-state index is 11.5. The Hall–Kier alpha value is -6.35. The zero-order valence-corrected chi connectivity index (χ0v) is 39.4. The van der Waals surface area contributed by atoms with Crippen molar-refractivity contribution in [3.8, 4) is 78.6 Å². The number of aryl methyl sites for hydroxylation is 1. The van der Waals surface area contributed by atoms with Crippen LogP contribution in [0.2, 0.25) is 0 Å². The van der Waals surface area contributed by atoms with Gasteiger partial charge < -0.3 is 5.11 Å². The largest absolute Gasteiger partial charge is 0.507 e. The van der Waals surface area contributed by atoms with Crippen molar-refractivity contribution in [3.05, 3.63) is 192 Å². The van der Waals surface area contributed by atoms with E-state index in [9.17, 15) is 6.48 Å². The minimum atomic E-state index is -3.96. The van der Waals surface area contributed by atoms with Crippen LogP contribution in [-0.4, -0.2) is 19.6 Å². The Kier molecular flexibility index (Phi) is 7.54. The maximum atomic E-state index is 11.5. The van der Waals surface area contributed by atoms with Crippen LogP contribution in [0.1, 0.15) is 110 Å². The fourth-order valence-electron chi connectivity index (χ4n) is 7.81. The molecule has 0 spiro atoms. The van der Waals surface area contributed by atoms with Gasteiger partial charge in [-0.25, -0.2) is 4.98 Å². The molecule has 7 aromatic carbocycles. The van der Waals surface area contributed by atoms with Gasteiger partial charge in [-0.1, -0.05) is 188 Å². The minimum Gasteiger partial charge on any atom is -0.507 e. The number of hydrogen-bond acceptors (Lipinski definition) is 3. The van der Waals surface area contributed by atoms with Crippen molar-refractivity contribution >= 4 is 11.0 Å². The van der Waals surface area contributed by atoms with Crippen molar-refractivity contribution < 1.29 is 52.2 Å². The molecule has 1 N–H and O–H groups in total. The van der Waals surface area contributed by atoms with E-state index >= 15 is 0 Å². The van der Waals surface area contributed by atoms with E-state index < -0.39 is 91.9 Å². The summed E-state index contributed by atoms with van der Waals surface area (Å²) in [6.45, 7) is -1.81. The summed E-state index contributed by atoms with van der Waals surface area (Å²) in [5.41, 5.74) is -0.874. The van der Waals surface area contributed by atoms with Crippen LogP contribution in [0.4, 0.5) is 0 Å². The molecule has 0 bridgehead atoms. The Labute approximate surface area is 432 Å². The van der Waals surface area contributed by atoms with Gasteiger partial charge in [0.2, 0.25) is 0 Å². The number of nitrogens with zero attached hydrogens (tertiary/aromatic N) is 3. The quantitative estimate of drug-likeness (QED) is 0.162. The van der Waals surface area contributed by atoms with E-state index in [4.69, 9.17) is 29.7 Å². The van der Waals surface area contributed by atoms with Crippen molar-refractivity contribution in [1.29, 1.82) is 0 Å². The molecule has 2 aromatic heterocycles. The Bertz CT molecular complexity index is 4000. The van der Waals surface area contributed by atoms with E-state index in [0.717, 1.165) is 16.7 Å². The molecule has 0 aliphatic carbocycles. The molecule has 0 radical (unpaired) electrons. The Morgan fingerprint density at radius 1 is 0.576 bits per heavy atom. The number of imidazole rings is 1. The average molecular weight is 1060 g/mol. The molecule has 0 fully saturated rings. The van der Waals surface area contributed by atoms with Crippen LogP contribution < -0.4 is 0 Å². The van der Waals surface area contributed by atoms with Crippen LogP contribution in [0.25, 0.3) is 83.9 Å². The number of benzene rings is 7. The predicted molar refractivity (Wildman–Crippen MR) is 273 cm³/mol. The zero-order valence-electron chi connectivity index (χ0n) is 56.2. The number of phenols is 1. The first-order valence-electron chi connectivity index (χ1n) is 30.6. The van der Waals surface area contributed by atoms with Gasteiger partial charge in [-0.05, 0) is 110 Å². The van der Waals surface area contributed by atoms with Crippen LogP contribution in [-0.2, 0) is 37.3 Å². The molecule has 0 saturated heterocycles. The first-order valence-corrected chi connectivity index (χ1v) is 21.1. The van der Waals surface area contributed by atoms with E-state index in [1.165, 1.54) is 6.07 Å². The molecule has 0 amide bonds. The van der Waals surface area contributed by atoms with E-state index in [-0.39, 0.29) is 71.5 Å². The number of aromatic nitrogens is 3. The topological polar surface area (TPSA) is 50.9 Å². The van der Waals surface area contributed by atoms with Gasteiger partial charge in [0.15, 0.2) is 0 Å². The molecule has 0 atom stereocenters. The third-order valence-corrected chi connectivity index (χ3v) is 11.4. The number of pyridine rings is 1. The van der Waals surface area contributed by atoms with Gasteiger partial charge in [-0.3, -0.25) is 9.55 Å². The second kappa shape index (κ2) is 17.8. The molecular weight excluding hydrogens is 986 g/mol. The van der Waals surface area contributed by atoms with Crippen molar-refractivity contribution in [1.82, 2.24) is 14.5 Å². The molecule has 0 saturated carbocycles. The molecule has 5 heteroatoms. The van der Waals surface area contributed by atoms with E-state index in [2.05, 4.69) is 70.8 Å². The van der Waals surface area contributed by atoms with Gasteiger partial charge in [0.1, 0.15) is 11.6 Å². The van der Waals surface area contributed by atoms with Gasteiger partial charge in [-0.2, -0.15) is 0 Å². The van der Waals surface area contributed by atoms with Gasteiger partial charge in [-0.15, -0.1) is 23.8 Å². The number of hydrogen-bond donors (Lipinski definition) is 1. The smallest absolute Gasteiger partial charge is 0.148 e. The van der Waals surface area contributed by atoms with Gasteiger partial charge in [0.25, 0.3) is 0 Å². The molecule has 66 heavy (non-hydrogen) atoms. The Morgan fingerprint density at radius 2 is 1.24 bits per heavy atom.